The fraction of sp³-hybridized carbons (Fsp3) is 0.364. The number of hydrazone groups is 1. The maximum Gasteiger partial charge on any atom is 0.131 e. The summed E-state index contributed by atoms with van der Waals surface area (Å²) in [5.74, 6) is 0. The zero-order valence-corrected chi connectivity index (χ0v) is 10.5. The van der Waals surface area contributed by atoms with E-state index in [-0.39, 0.29) is 5.41 Å². The highest BCUT2D eigenvalue weighted by molar-refractivity contribution is 6.66. The molecule has 0 saturated heterocycles. The van der Waals surface area contributed by atoms with E-state index in [1.807, 2.05) is 32.9 Å². The summed E-state index contributed by atoms with van der Waals surface area (Å²) in [6.07, 6.45) is 0. The van der Waals surface area contributed by atoms with Gasteiger partial charge in [-0.2, -0.15) is 5.10 Å². The zero-order chi connectivity index (χ0) is 11.5. The van der Waals surface area contributed by atoms with Crippen molar-refractivity contribution >= 4 is 34.1 Å². The molecule has 0 aromatic heterocycles. The minimum Gasteiger partial charge on any atom is -0.277 e. The van der Waals surface area contributed by atoms with Crippen molar-refractivity contribution in [1.82, 2.24) is 0 Å². The monoisotopic (exact) mass is 244 g/mol. The van der Waals surface area contributed by atoms with Crippen LogP contribution in [0.15, 0.2) is 29.4 Å². The van der Waals surface area contributed by atoms with Crippen molar-refractivity contribution in [3.8, 4) is 0 Å². The molecule has 0 heterocycles. The number of rotatable bonds is 2. The third-order valence-corrected chi connectivity index (χ3v) is 2.65. The third kappa shape index (κ3) is 4.10. The van der Waals surface area contributed by atoms with Gasteiger partial charge in [-0.1, -0.05) is 44.0 Å². The molecule has 2 nitrogen and oxygen atoms in total. The highest BCUT2D eigenvalue weighted by Gasteiger charge is 2.16. The lowest BCUT2D eigenvalue weighted by Crippen LogP contribution is -2.15. The van der Waals surface area contributed by atoms with Crippen molar-refractivity contribution in [2.24, 2.45) is 10.5 Å². The number of anilines is 1. The summed E-state index contributed by atoms with van der Waals surface area (Å²) in [7, 11) is 0. The standard InChI is InChI=1S/C11H14Cl2N2/c1-11(2,3)10(13)15-14-9-6-4-8(12)5-7-9/h4-7,14H,1-3H3. The van der Waals surface area contributed by atoms with Crippen LogP contribution < -0.4 is 5.43 Å². The maximum atomic E-state index is 6.00. The lowest BCUT2D eigenvalue weighted by Gasteiger charge is -2.15. The van der Waals surface area contributed by atoms with E-state index < -0.39 is 0 Å². The SMILES string of the molecule is CC(C)(C)C(Cl)=NNc1ccc(Cl)cc1. The van der Waals surface area contributed by atoms with Crippen LogP contribution in [0.4, 0.5) is 5.69 Å². The van der Waals surface area contributed by atoms with E-state index in [9.17, 15) is 0 Å². The van der Waals surface area contributed by atoms with Crippen LogP contribution in [0.5, 0.6) is 0 Å². The van der Waals surface area contributed by atoms with E-state index in [4.69, 9.17) is 23.2 Å². The molecule has 0 aliphatic heterocycles. The number of hydrogen-bond acceptors (Lipinski definition) is 2. The highest BCUT2D eigenvalue weighted by atomic mass is 35.5. The molecular formula is C11H14Cl2N2. The van der Waals surface area contributed by atoms with Gasteiger partial charge in [-0.25, -0.2) is 0 Å². The second-order valence-electron chi connectivity index (χ2n) is 4.27. The lowest BCUT2D eigenvalue weighted by molar-refractivity contribution is 0.599. The second-order valence-corrected chi connectivity index (χ2v) is 5.07. The molecular weight excluding hydrogens is 231 g/mol. The molecule has 15 heavy (non-hydrogen) atoms. The number of nitrogens with zero attached hydrogens (tertiary/aromatic N) is 1. The van der Waals surface area contributed by atoms with Gasteiger partial charge in [0.25, 0.3) is 0 Å². The molecule has 0 bridgehead atoms. The number of halogens is 2. The summed E-state index contributed by atoms with van der Waals surface area (Å²) in [5.41, 5.74) is 3.60. The topological polar surface area (TPSA) is 24.4 Å². The second kappa shape index (κ2) is 4.86. The zero-order valence-electron chi connectivity index (χ0n) is 9.01. The Labute approximate surface area is 100 Å². The average molecular weight is 245 g/mol. The van der Waals surface area contributed by atoms with Crippen LogP contribution >= 0.6 is 23.2 Å². The first kappa shape index (κ1) is 12.3. The van der Waals surface area contributed by atoms with Crippen molar-refractivity contribution in [1.29, 1.82) is 0 Å². The van der Waals surface area contributed by atoms with Crippen LogP contribution in [-0.2, 0) is 0 Å². The van der Waals surface area contributed by atoms with Crippen LogP contribution in [-0.4, -0.2) is 5.17 Å². The van der Waals surface area contributed by atoms with Crippen molar-refractivity contribution in [3.05, 3.63) is 29.3 Å². The predicted octanol–water partition coefficient (Wildman–Crippen LogP) is 4.35. The molecule has 1 rings (SSSR count). The molecule has 1 aromatic carbocycles. The van der Waals surface area contributed by atoms with Crippen molar-refractivity contribution in [2.75, 3.05) is 5.43 Å². The summed E-state index contributed by atoms with van der Waals surface area (Å²) < 4.78 is 0. The number of hydrogen-bond donors (Lipinski definition) is 1. The minimum atomic E-state index is -0.138. The van der Waals surface area contributed by atoms with Gasteiger partial charge in [0.05, 0.1) is 5.69 Å². The maximum absolute atomic E-state index is 6.00. The largest absolute Gasteiger partial charge is 0.277 e. The highest BCUT2D eigenvalue weighted by Crippen LogP contribution is 2.19. The van der Waals surface area contributed by atoms with Gasteiger partial charge in [-0.3, -0.25) is 5.43 Å². The first-order valence-electron chi connectivity index (χ1n) is 4.65. The molecule has 1 aromatic rings. The van der Waals surface area contributed by atoms with Crippen molar-refractivity contribution < 1.29 is 0 Å². The molecule has 0 spiro atoms. The number of nitrogens with one attached hydrogen (secondary N) is 1. The van der Waals surface area contributed by atoms with E-state index in [0.717, 1.165) is 5.69 Å². The van der Waals surface area contributed by atoms with Gasteiger partial charge in [-0.15, -0.1) is 0 Å². The molecule has 1 N–H and O–H groups in total. The van der Waals surface area contributed by atoms with E-state index >= 15 is 0 Å². The quantitative estimate of drug-likeness (QED) is 0.607. The van der Waals surface area contributed by atoms with E-state index in [1.165, 1.54) is 0 Å². The van der Waals surface area contributed by atoms with Gasteiger partial charge in [0.1, 0.15) is 5.17 Å². The average Bonchev–Trinajstić information content (AvgIpc) is 2.15. The minimum absolute atomic E-state index is 0.138. The van der Waals surface area contributed by atoms with Crippen LogP contribution in [0.2, 0.25) is 5.02 Å². The summed E-state index contributed by atoms with van der Waals surface area (Å²) >= 11 is 11.8. The molecule has 0 amide bonds. The first-order chi connectivity index (χ1) is 6.89. The Morgan fingerprint density at radius 3 is 2.20 bits per heavy atom. The molecule has 0 fully saturated rings. The van der Waals surface area contributed by atoms with Gasteiger partial charge in [0.2, 0.25) is 0 Å². The van der Waals surface area contributed by atoms with E-state index in [2.05, 4.69) is 10.5 Å². The summed E-state index contributed by atoms with van der Waals surface area (Å²) in [6.45, 7) is 6.01. The summed E-state index contributed by atoms with van der Waals surface area (Å²) in [4.78, 5) is 0. The van der Waals surface area contributed by atoms with Crippen molar-refractivity contribution in [2.45, 2.75) is 20.8 Å². The number of benzene rings is 1. The third-order valence-electron chi connectivity index (χ3n) is 1.75. The Morgan fingerprint density at radius 2 is 1.73 bits per heavy atom. The molecule has 82 valence electrons. The fourth-order valence-electron chi connectivity index (χ4n) is 0.806. The summed E-state index contributed by atoms with van der Waals surface area (Å²) in [5, 5.41) is 5.32. The molecule has 0 radical (unpaired) electrons. The Kier molecular flexibility index (Phi) is 4.00. The Bertz CT molecular complexity index is 350. The van der Waals surface area contributed by atoms with Gasteiger partial charge in [-0.05, 0) is 24.3 Å². The van der Waals surface area contributed by atoms with Crippen LogP contribution in [0.25, 0.3) is 0 Å². The van der Waals surface area contributed by atoms with Crippen LogP contribution in [0.3, 0.4) is 0 Å². The Hall–Kier alpha value is -0.730. The Morgan fingerprint density at radius 1 is 1.20 bits per heavy atom. The van der Waals surface area contributed by atoms with Gasteiger partial charge in [0.15, 0.2) is 0 Å². The van der Waals surface area contributed by atoms with Gasteiger partial charge >= 0.3 is 0 Å². The first-order valence-corrected chi connectivity index (χ1v) is 5.40. The predicted molar refractivity (Wildman–Crippen MR) is 67.8 cm³/mol. The molecule has 4 heteroatoms. The lowest BCUT2D eigenvalue weighted by atomic mass is 9.99. The summed E-state index contributed by atoms with van der Waals surface area (Å²) in [6, 6.07) is 7.28. The molecule has 0 unspecified atom stereocenters. The van der Waals surface area contributed by atoms with Gasteiger partial charge < -0.3 is 0 Å². The van der Waals surface area contributed by atoms with Crippen LogP contribution in [0, 0.1) is 5.41 Å². The molecule has 0 atom stereocenters. The Balaban J connectivity index is 2.68. The normalized spacial score (nSPS) is 12.7. The van der Waals surface area contributed by atoms with E-state index in [0.29, 0.717) is 10.2 Å². The molecule has 0 saturated carbocycles. The van der Waals surface area contributed by atoms with E-state index in [1.54, 1.807) is 12.1 Å². The molecule has 0 aliphatic rings. The van der Waals surface area contributed by atoms with Gasteiger partial charge in [0, 0.05) is 10.4 Å². The van der Waals surface area contributed by atoms with Crippen molar-refractivity contribution in [3.63, 3.8) is 0 Å². The fourth-order valence-corrected chi connectivity index (χ4v) is 0.974. The van der Waals surface area contributed by atoms with Crippen LogP contribution in [0.1, 0.15) is 20.8 Å². The smallest absolute Gasteiger partial charge is 0.131 e. The molecule has 0 aliphatic carbocycles.